The van der Waals surface area contributed by atoms with E-state index >= 15 is 0 Å². The van der Waals surface area contributed by atoms with E-state index in [9.17, 15) is 4.39 Å². The van der Waals surface area contributed by atoms with Gasteiger partial charge >= 0.3 is 0 Å². The molecule has 1 atom stereocenters. The van der Waals surface area contributed by atoms with E-state index in [1.54, 1.807) is 30.3 Å². The quantitative estimate of drug-likeness (QED) is 0.732. The average Bonchev–Trinajstić information content (AvgIpc) is 2.40. The van der Waals surface area contributed by atoms with Gasteiger partial charge in [-0.3, -0.25) is 0 Å². The lowest BCUT2D eigenvalue weighted by atomic mass is 9.98. The predicted octanol–water partition coefficient (Wildman–Crippen LogP) is 5.59. The molecular formula is C15H13BrCl2FN. The summed E-state index contributed by atoms with van der Waals surface area (Å²) in [6, 6.07) is 10.1. The molecule has 0 spiro atoms. The summed E-state index contributed by atoms with van der Waals surface area (Å²) in [5.41, 5.74) is 1.35. The predicted molar refractivity (Wildman–Crippen MR) is 86.1 cm³/mol. The number of benzene rings is 2. The molecule has 1 N–H and O–H groups in total. The zero-order chi connectivity index (χ0) is 14.7. The zero-order valence-electron chi connectivity index (χ0n) is 10.8. The van der Waals surface area contributed by atoms with Crippen molar-refractivity contribution in [3.63, 3.8) is 0 Å². The minimum absolute atomic E-state index is 0.288. The lowest BCUT2D eigenvalue weighted by Crippen LogP contribution is -2.23. The highest BCUT2D eigenvalue weighted by atomic mass is 79.9. The molecule has 0 saturated heterocycles. The van der Waals surface area contributed by atoms with Crippen molar-refractivity contribution in [2.75, 3.05) is 6.54 Å². The normalized spacial score (nSPS) is 12.4. The molecule has 0 saturated carbocycles. The second-order valence-electron chi connectivity index (χ2n) is 4.30. The maximum Gasteiger partial charge on any atom is 0.142 e. The third-order valence-electron chi connectivity index (χ3n) is 2.97. The Morgan fingerprint density at radius 1 is 1.20 bits per heavy atom. The van der Waals surface area contributed by atoms with Gasteiger partial charge in [-0.25, -0.2) is 4.39 Å². The first-order chi connectivity index (χ1) is 9.54. The standard InChI is InChI=1S/C15H13BrCl2FN/c1-2-20-15(10-7-6-9(17)8-13(10)18)11-4-3-5-12(16)14(11)19/h3-8,15,20H,2H2,1H3. The lowest BCUT2D eigenvalue weighted by molar-refractivity contribution is 0.555. The van der Waals surface area contributed by atoms with E-state index in [0.29, 0.717) is 26.6 Å². The number of hydrogen-bond donors (Lipinski definition) is 1. The molecule has 1 unspecified atom stereocenters. The number of halogens is 4. The van der Waals surface area contributed by atoms with Crippen molar-refractivity contribution in [1.82, 2.24) is 5.32 Å². The van der Waals surface area contributed by atoms with Crippen LogP contribution in [0.15, 0.2) is 40.9 Å². The fraction of sp³-hybridized carbons (Fsp3) is 0.200. The van der Waals surface area contributed by atoms with Gasteiger partial charge in [0.05, 0.1) is 10.5 Å². The number of rotatable bonds is 4. The molecule has 20 heavy (non-hydrogen) atoms. The van der Waals surface area contributed by atoms with Crippen molar-refractivity contribution >= 4 is 39.1 Å². The van der Waals surface area contributed by atoms with Crippen molar-refractivity contribution in [2.45, 2.75) is 13.0 Å². The molecule has 2 rings (SSSR count). The van der Waals surface area contributed by atoms with Crippen molar-refractivity contribution in [2.24, 2.45) is 0 Å². The third-order valence-corrected chi connectivity index (χ3v) is 4.15. The van der Waals surface area contributed by atoms with Crippen molar-refractivity contribution in [1.29, 1.82) is 0 Å². The molecule has 5 heteroatoms. The molecule has 1 nitrogen and oxygen atoms in total. The molecule has 0 bridgehead atoms. The summed E-state index contributed by atoms with van der Waals surface area (Å²) in [5.74, 6) is -0.288. The van der Waals surface area contributed by atoms with Crippen LogP contribution in [0.3, 0.4) is 0 Å². The van der Waals surface area contributed by atoms with Gasteiger partial charge in [-0.2, -0.15) is 0 Å². The third kappa shape index (κ3) is 3.34. The van der Waals surface area contributed by atoms with Crippen molar-refractivity contribution < 1.29 is 4.39 Å². The van der Waals surface area contributed by atoms with E-state index in [1.165, 1.54) is 0 Å². The molecule has 106 valence electrons. The van der Waals surface area contributed by atoms with Crippen LogP contribution in [0.25, 0.3) is 0 Å². The first-order valence-electron chi connectivity index (χ1n) is 6.16. The van der Waals surface area contributed by atoms with Gasteiger partial charge in [-0.1, -0.05) is 48.3 Å². The van der Waals surface area contributed by atoms with Crippen molar-refractivity contribution in [3.8, 4) is 0 Å². The minimum Gasteiger partial charge on any atom is -0.306 e. The Bertz CT molecular complexity index is 619. The summed E-state index contributed by atoms with van der Waals surface area (Å²) in [6.45, 7) is 2.66. The Kier molecular flexibility index (Phi) is 5.44. The second kappa shape index (κ2) is 6.90. The van der Waals surface area contributed by atoms with Gasteiger partial charge in [0.2, 0.25) is 0 Å². The molecule has 0 aliphatic heterocycles. The smallest absolute Gasteiger partial charge is 0.142 e. The highest BCUT2D eigenvalue weighted by molar-refractivity contribution is 9.10. The summed E-state index contributed by atoms with van der Waals surface area (Å²) in [5, 5.41) is 4.33. The van der Waals surface area contributed by atoms with Crippen LogP contribution in [0.1, 0.15) is 24.1 Å². The molecule has 0 amide bonds. The number of hydrogen-bond acceptors (Lipinski definition) is 1. The van der Waals surface area contributed by atoms with Crippen LogP contribution in [-0.4, -0.2) is 6.54 Å². The van der Waals surface area contributed by atoms with Gasteiger partial charge in [0.25, 0.3) is 0 Å². The molecule has 0 fully saturated rings. The van der Waals surface area contributed by atoms with E-state index in [1.807, 2.05) is 13.0 Å². The topological polar surface area (TPSA) is 12.0 Å². The van der Waals surface area contributed by atoms with E-state index < -0.39 is 0 Å². The first-order valence-corrected chi connectivity index (χ1v) is 7.71. The van der Waals surface area contributed by atoms with E-state index in [2.05, 4.69) is 21.2 Å². The molecule has 0 heterocycles. The van der Waals surface area contributed by atoms with Crippen LogP contribution < -0.4 is 5.32 Å². The van der Waals surface area contributed by atoms with Gasteiger partial charge in [0, 0.05) is 15.6 Å². The molecule has 0 aliphatic carbocycles. The molecular weight excluding hydrogens is 364 g/mol. The van der Waals surface area contributed by atoms with Gasteiger partial charge in [-0.05, 0) is 46.2 Å². The summed E-state index contributed by atoms with van der Waals surface area (Å²) < 4.78 is 14.7. The molecule has 0 aromatic heterocycles. The Morgan fingerprint density at radius 3 is 2.60 bits per heavy atom. The fourth-order valence-electron chi connectivity index (χ4n) is 2.07. The molecule has 0 radical (unpaired) electrons. The number of nitrogens with one attached hydrogen (secondary N) is 1. The summed E-state index contributed by atoms with van der Waals surface area (Å²) in [7, 11) is 0. The van der Waals surface area contributed by atoms with E-state index in [4.69, 9.17) is 23.2 Å². The summed E-state index contributed by atoms with van der Waals surface area (Å²) >= 11 is 15.4. The monoisotopic (exact) mass is 375 g/mol. The minimum atomic E-state index is -0.317. The Morgan fingerprint density at radius 2 is 1.95 bits per heavy atom. The van der Waals surface area contributed by atoms with Gasteiger partial charge < -0.3 is 5.32 Å². The van der Waals surface area contributed by atoms with Crippen LogP contribution in [0, 0.1) is 5.82 Å². The molecule has 2 aromatic rings. The summed E-state index contributed by atoms with van der Waals surface area (Å²) in [4.78, 5) is 0. The van der Waals surface area contributed by atoms with Crippen molar-refractivity contribution in [3.05, 3.63) is 67.9 Å². The van der Waals surface area contributed by atoms with Crippen LogP contribution in [0.5, 0.6) is 0 Å². The summed E-state index contributed by atoms with van der Waals surface area (Å²) in [6.07, 6.45) is 0. The Balaban J connectivity index is 2.53. The van der Waals surface area contributed by atoms with Gasteiger partial charge in [-0.15, -0.1) is 0 Å². The van der Waals surface area contributed by atoms with Crippen LogP contribution in [0.2, 0.25) is 10.0 Å². The average molecular weight is 377 g/mol. The maximum atomic E-state index is 14.3. The fourth-order valence-corrected chi connectivity index (χ4v) is 2.97. The van der Waals surface area contributed by atoms with Gasteiger partial charge in [0.15, 0.2) is 0 Å². The maximum absolute atomic E-state index is 14.3. The zero-order valence-corrected chi connectivity index (χ0v) is 13.9. The largest absolute Gasteiger partial charge is 0.306 e. The SMILES string of the molecule is CCNC(c1ccc(Cl)cc1Cl)c1cccc(Br)c1F. The highest BCUT2D eigenvalue weighted by Crippen LogP contribution is 2.33. The van der Waals surface area contributed by atoms with E-state index in [-0.39, 0.29) is 11.9 Å². The molecule has 0 aliphatic rings. The van der Waals surface area contributed by atoms with Crippen LogP contribution >= 0.6 is 39.1 Å². The second-order valence-corrected chi connectivity index (χ2v) is 6.00. The lowest BCUT2D eigenvalue weighted by Gasteiger charge is -2.21. The van der Waals surface area contributed by atoms with Crippen LogP contribution in [-0.2, 0) is 0 Å². The Hall–Kier alpha value is -0.610. The first kappa shape index (κ1) is 15.8. The molecule has 2 aromatic carbocycles. The Labute approximate surface area is 136 Å². The van der Waals surface area contributed by atoms with Gasteiger partial charge in [0.1, 0.15) is 5.82 Å². The highest BCUT2D eigenvalue weighted by Gasteiger charge is 2.20. The van der Waals surface area contributed by atoms with E-state index in [0.717, 1.165) is 5.56 Å². The van der Waals surface area contributed by atoms with Crippen LogP contribution in [0.4, 0.5) is 4.39 Å².